The van der Waals surface area contributed by atoms with Crippen molar-refractivity contribution in [2.75, 3.05) is 7.05 Å². The van der Waals surface area contributed by atoms with Crippen LogP contribution in [-0.4, -0.2) is 27.1 Å². The number of rotatable bonds is 7. The van der Waals surface area contributed by atoms with E-state index in [9.17, 15) is 0 Å². The van der Waals surface area contributed by atoms with Crippen LogP contribution in [0.4, 0.5) is 0 Å². The van der Waals surface area contributed by atoms with E-state index in [1.165, 1.54) is 4.88 Å². The standard InChI is InChI=1S/C15H18N4OS2/c1-3-5-13-17-14(20-18-13)9-19(2)8-11-10-22-15(16-11)12-6-4-7-21-12/h4,6-7,10H,3,5,8-9H2,1-2H3. The van der Waals surface area contributed by atoms with Gasteiger partial charge in [-0.3, -0.25) is 4.90 Å². The van der Waals surface area contributed by atoms with Gasteiger partial charge >= 0.3 is 0 Å². The van der Waals surface area contributed by atoms with Gasteiger partial charge in [-0.1, -0.05) is 18.1 Å². The lowest BCUT2D eigenvalue weighted by Crippen LogP contribution is -2.17. The van der Waals surface area contributed by atoms with E-state index in [1.807, 2.05) is 7.05 Å². The molecule has 0 bridgehead atoms. The van der Waals surface area contributed by atoms with Gasteiger partial charge < -0.3 is 4.52 Å². The molecule has 0 saturated carbocycles. The van der Waals surface area contributed by atoms with Crippen molar-refractivity contribution in [2.45, 2.75) is 32.9 Å². The Labute approximate surface area is 137 Å². The number of nitrogens with zero attached hydrogens (tertiary/aromatic N) is 4. The lowest BCUT2D eigenvalue weighted by molar-refractivity contribution is 0.258. The molecule has 0 aliphatic heterocycles. The molecule has 0 unspecified atom stereocenters. The second kappa shape index (κ2) is 7.13. The zero-order valence-electron chi connectivity index (χ0n) is 12.7. The molecule has 0 fully saturated rings. The first-order valence-electron chi connectivity index (χ1n) is 7.23. The number of thiophene rings is 1. The molecule has 0 aliphatic rings. The van der Waals surface area contributed by atoms with E-state index in [2.05, 4.69) is 49.8 Å². The molecule has 0 atom stereocenters. The van der Waals surface area contributed by atoms with Gasteiger partial charge in [0.2, 0.25) is 5.89 Å². The number of thiazole rings is 1. The molecule has 3 aromatic rings. The molecule has 0 spiro atoms. The summed E-state index contributed by atoms with van der Waals surface area (Å²) in [5.41, 5.74) is 1.07. The van der Waals surface area contributed by atoms with Gasteiger partial charge in [0.15, 0.2) is 5.82 Å². The molecule has 0 aliphatic carbocycles. The molecule has 5 nitrogen and oxygen atoms in total. The van der Waals surface area contributed by atoms with Crippen LogP contribution in [0.25, 0.3) is 9.88 Å². The second-order valence-corrected chi connectivity index (χ2v) is 6.95. The van der Waals surface area contributed by atoms with E-state index in [1.54, 1.807) is 22.7 Å². The minimum Gasteiger partial charge on any atom is -0.338 e. The van der Waals surface area contributed by atoms with Gasteiger partial charge in [-0.25, -0.2) is 4.98 Å². The van der Waals surface area contributed by atoms with Crippen molar-refractivity contribution >= 4 is 22.7 Å². The zero-order chi connectivity index (χ0) is 15.4. The van der Waals surface area contributed by atoms with Gasteiger partial charge in [-0.05, 0) is 24.9 Å². The molecule has 0 aromatic carbocycles. The molecule has 0 radical (unpaired) electrons. The zero-order valence-corrected chi connectivity index (χ0v) is 14.3. The summed E-state index contributed by atoms with van der Waals surface area (Å²) in [7, 11) is 2.04. The summed E-state index contributed by atoms with van der Waals surface area (Å²) in [5.74, 6) is 1.46. The Hall–Kier alpha value is -1.57. The van der Waals surface area contributed by atoms with E-state index >= 15 is 0 Å². The van der Waals surface area contributed by atoms with Crippen molar-refractivity contribution in [1.82, 2.24) is 20.0 Å². The van der Waals surface area contributed by atoms with Crippen molar-refractivity contribution in [1.29, 1.82) is 0 Å². The van der Waals surface area contributed by atoms with Crippen molar-refractivity contribution in [3.63, 3.8) is 0 Å². The van der Waals surface area contributed by atoms with E-state index in [0.717, 1.165) is 35.9 Å². The van der Waals surface area contributed by atoms with E-state index in [0.29, 0.717) is 12.4 Å². The van der Waals surface area contributed by atoms with Crippen molar-refractivity contribution < 1.29 is 4.52 Å². The predicted octanol–water partition coefficient (Wildman–Crippen LogP) is 3.84. The van der Waals surface area contributed by atoms with Crippen LogP contribution in [0.15, 0.2) is 27.4 Å². The molecule has 0 amide bonds. The Morgan fingerprint density at radius 1 is 1.23 bits per heavy atom. The van der Waals surface area contributed by atoms with Gasteiger partial charge in [0.1, 0.15) is 5.01 Å². The van der Waals surface area contributed by atoms with Crippen LogP contribution in [0.5, 0.6) is 0 Å². The number of aromatic nitrogens is 3. The van der Waals surface area contributed by atoms with Crippen molar-refractivity contribution in [2.24, 2.45) is 0 Å². The third-order valence-corrected chi connectivity index (χ3v) is 5.03. The molecule has 22 heavy (non-hydrogen) atoms. The van der Waals surface area contributed by atoms with Crippen LogP contribution in [0.3, 0.4) is 0 Å². The van der Waals surface area contributed by atoms with Gasteiger partial charge in [0.05, 0.1) is 17.1 Å². The summed E-state index contributed by atoms with van der Waals surface area (Å²) in [6.07, 6.45) is 1.89. The maximum atomic E-state index is 5.27. The molecule has 7 heteroatoms. The summed E-state index contributed by atoms with van der Waals surface area (Å²) in [5, 5.41) is 9.25. The highest BCUT2D eigenvalue weighted by Crippen LogP contribution is 2.28. The number of hydrogen-bond donors (Lipinski definition) is 0. The van der Waals surface area contributed by atoms with Crippen molar-refractivity contribution in [3.05, 3.63) is 40.3 Å². The summed E-state index contributed by atoms with van der Waals surface area (Å²) >= 11 is 3.41. The van der Waals surface area contributed by atoms with Crippen LogP contribution in [0.2, 0.25) is 0 Å². The first-order chi connectivity index (χ1) is 10.7. The number of aryl methyl sites for hydroxylation is 1. The third-order valence-electron chi connectivity index (χ3n) is 3.10. The minimum absolute atomic E-state index is 0.641. The summed E-state index contributed by atoms with van der Waals surface area (Å²) in [6, 6.07) is 4.15. The van der Waals surface area contributed by atoms with Crippen LogP contribution in [0.1, 0.15) is 30.8 Å². The largest absolute Gasteiger partial charge is 0.338 e. The lowest BCUT2D eigenvalue weighted by Gasteiger charge is -2.11. The first-order valence-corrected chi connectivity index (χ1v) is 8.99. The highest BCUT2D eigenvalue weighted by molar-refractivity contribution is 7.20. The Balaban J connectivity index is 1.58. The second-order valence-electron chi connectivity index (χ2n) is 5.15. The maximum absolute atomic E-state index is 5.27. The fourth-order valence-corrected chi connectivity index (χ4v) is 3.76. The summed E-state index contributed by atoms with van der Waals surface area (Å²) in [6.45, 7) is 3.52. The van der Waals surface area contributed by atoms with Crippen molar-refractivity contribution in [3.8, 4) is 9.88 Å². The molecule has 3 rings (SSSR count). The molecule has 0 N–H and O–H groups in total. The normalized spacial score (nSPS) is 11.4. The van der Waals surface area contributed by atoms with Crippen LogP contribution < -0.4 is 0 Å². The fourth-order valence-electron chi connectivity index (χ4n) is 2.14. The summed E-state index contributed by atoms with van der Waals surface area (Å²) < 4.78 is 5.27. The van der Waals surface area contributed by atoms with Gasteiger partial charge in [-0.15, -0.1) is 22.7 Å². The van der Waals surface area contributed by atoms with E-state index < -0.39 is 0 Å². The summed E-state index contributed by atoms with van der Waals surface area (Å²) in [4.78, 5) is 12.4. The molecular weight excluding hydrogens is 316 g/mol. The Bertz CT molecular complexity index is 705. The van der Waals surface area contributed by atoms with Crippen LogP contribution in [-0.2, 0) is 19.5 Å². The average Bonchev–Trinajstić information content (AvgIpc) is 3.20. The minimum atomic E-state index is 0.641. The smallest absolute Gasteiger partial charge is 0.240 e. The average molecular weight is 334 g/mol. The van der Waals surface area contributed by atoms with Crippen LogP contribution >= 0.6 is 22.7 Å². The van der Waals surface area contributed by atoms with E-state index in [4.69, 9.17) is 4.52 Å². The topological polar surface area (TPSA) is 55.1 Å². The first kappa shape index (κ1) is 15.3. The molecule has 116 valence electrons. The molecule has 0 saturated heterocycles. The monoisotopic (exact) mass is 334 g/mol. The van der Waals surface area contributed by atoms with Gasteiger partial charge in [0, 0.05) is 18.3 Å². The highest BCUT2D eigenvalue weighted by Gasteiger charge is 2.11. The van der Waals surface area contributed by atoms with Gasteiger partial charge in [-0.2, -0.15) is 4.98 Å². The molecule has 3 aromatic heterocycles. The molecule has 3 heterocycles. The van der Waals surface area contributed by atoms with Gasteiger partial charge in [0.25, 0.3) is 0 Å². The Kier molecular flexibility index (Phi) is 4.97. The molecular formula is C15H18N4OS2. The highest BCUT2D eigenvalue weighted by atomic mass is 32.1. The maximum Gasteiger partial charge on any atom is 0.240 e. The third kappa shape index (κ3) is 3.79. The number of hydrogen-bond acceptors (Lipinski definition) is 7. The SMILES string of the molecule is CCCc1noc(CN(C)Cc2csc(-c3cccs3)n2)n1. The fraction of sp³-hybridized carbons (Fsp3) is 0.400. The quantitative estimate of drug-likeness (QED) is 0.657. The lowest BCUT2D eigenvalue weighted by atomic mass is 10.3. The predicted molar refractivity (Wildman–Crippen MR) is 88.9 cm³/mol. The Morgan fingerprint density at radius 2 is 2.14 bits per heavy atom. The van der Waals surface area contributed by atoms with Crippen LogP contribution in [0, 0.1) is 0 Å². The van der Waals surface area contributed by atoms with E-state index in [-0.39, 0.29) is 0 Å². The Morgan fingerprint density at radius 3 is 2.91 bits per heavy atom.